The summed E-state index contributed by atoms with van der Waals surface area (Å²) >= 11 is 0. The zero-order valence-electron chi connectivity index (χ0n) is 70.4. The Kier molecular flexibility index (Phi) is 51.0. The van der Waals surface area contributed by atoms with E-state index in [1.54, 1.807) is 44.2 Å². The van der Waals surface area contributed by atoms with Crippen LogP contribution in [0, 0.1) is 16.7 Å². The lowest BCUT2D eigenvalue weighted by Crippen LogP contribution is -2.59. The van der Waals surface area contributed by atoms with Gasteiger partial charge in [0.25, 0.3) is 0 Å². The van der Waals surface area contributed by atoms with Gasteiger partial charge in [0.1, 0.15) is 73.0 Å². The molecule has 124 heavy (non-hydrogen) atoms. The van der Waals surface area contributed by atoms with Crippen LogP contribution in [0.4, 0.5) is 0 Å². The van der Waals surface area contributed by atoms with Gasteiger partial charge < -0.3 is 131 Å². The third-order valence-electron chi connectivity index (χ3n) is 18.9. The summed E-state index contributed by atoms with van der Waals surface area (Å²) in [6.45, 7) is 4.61. The summed E-state index contributed by atoms with van der Waals surface area (Å²) < 4.78 is 15.5. The lowest BCUT2D eigenvalue weighted by molar-refractivity contribution is -0.146. The minimum absolute atomic E-state index is 0.0231. The monoisotopic (exact) mass is 1750 g/mol. The van der Waals surface area contributed by atoms with Gasteiger partial charge in [-0.2, -0.15) is 0 Å². The van der Waals surface area contributed by atoms with Crippen molar-refractivity contribution >= 4 is 119 Å². The molecule has 1 fully saturated rings. The Labute approximate surface area is 718 Å². The van der Waals surface area contributed by atoms with E-state index in [1.165, 1.54) is 31.2 Å². The third kappa shape index (κ3) is 46.4. The highest BCUT2D eigenvalue weighted by molar-refractivity contribution is 5.99. The molecule has 0 saturated carbocycles. The van der Waals surface area contributed by atoms with E-state index in [0.29, 0.717) is 49.9 Å². The number of likely N-dealkylation sites (tertiary alicyclic amines) is 1. The molecule has 1 aliphatic rings. The van der Waals surface area contributed by atoms with Crippen molar-refractivity contribution in [1.82, 2.24) is 79.3 Å². The predicted octanol–water partition coefficient (Wildman–Crippen LogP) is -4.00. The number of ether oxygens (including phenoxy) is 3. The van der Waals surface area contributed by atoms with E-state index in [9.17, 15) is 102 Å². The molecule has 1 aliphatic heterocycles. The lowest BCUT2D eigenvalue weighted by Gasteiger charge is -2.29. The van der Waals surface area contributed by atoms with E-state index in [-0.39, 0.29) is 178 Å². The molecule has 688 valence electrons. The van der Waals surface area contributed by atoms with Crippen LogP contribution in [-0.2, 0) is 113 Å². The van der Waals surface area contributed by atoms with E-state index in [2.05, 4.69) is 74.4 Å². The molecule has 0 unspecified atom stereocenters. The number of carboxylic acids is 2. The van der Waals surface area contributed by atoms with Gasteiger partial charge in [-0.15, -0.1) is 0 Å². The second kappa shape index (κ2) is 60.0. The standard InChI is InChI=1S/C80H124N20O24/c1-49(2)43-60(78(120)121)99-75(117)58(44-51-17-7-4-8-18-51)98-73(115)55(20-14-34-89-80(84)85)94-65(106)47-91-72(114)56(28-29-62(81)103)96-74(116)57(45-52-24-26-53(102)27-25-52)97-70(112)50(3)92-76(118)61-21-15-37-100(61)77(119)59(46-67(108)109)95-66(107)48-90-71(113)54(19-13-33-88-79(82)83)93-64(105)31-36-87-63(104)30-35-86-32-11-5-9-22-68(110)123-40-12-6-10-23-69(111)124-42-41-122-39-16-38-101/h4,7-8,17-18,24-27,38,49-50,54-61,86,102H,5-6,9-16,19-23,28-37,39-48H2,1-3H3,(H2,81,103)(H,87,104)(H,90,113)(H,91,114)(H,92,118)(H,93,105)(H,94,106)(H,95,107)(H,96,116)(H,97,112)(H,98,115)(H,99,117)(H,108,109)(H,120,121)(H4,82,83,88)(H4,84,85,89)/t50-,54-,55-,56-,57-,58-,59-,60-,61-/m0/s1. The number of carboxylic acid groups (broad SMARTS) is 2. The molecule has 0 aliphatic carbocycles. The maximum Gasteiger partial charge on any atom is 0.326 e. The van der Waals surface area contributed by atoms with Gasteiger partial charge in [-0.05, 0) is 126 Å². The van der Waals surface area contributed by atoms with Crippen LogP contribution < -0.4 is 91.6 Å². The summed E-state index contributed by atoms with van der Waals surface area (Å²) in [5, 5.41) is 80.4. The van der Waals surface area contributed by atoms with Crippen molar-refractivity contribution in [2.24, 2.45) is 23.1 Å². The van der Waals surface area contributed by atoms with Crippen molar-refractivity contribution < 1.29 is 116 Å². The number of amides is 13. The maximum atomic E-state index is 14.4. The second-order valence-electron chi connectivity index (χ2n) is 29.8. The van der Waals surface area contributed by atoms with E-state index >= 15 is 0 Å². The number of rotatable bonds is 64. The number of aldehydes is 1. The number of carbonyl (C=O) groups excluding carboxylic acids is 16. The molecule has 3 rings (SSSR count). The number of nitrogens with one attached hydrogen (secondary N) is 16. The van der Waals surface area contributed by atoms with Gasteiger partial charge in [-0.25, -0.2) is 4.79 Å². The minimum Gasteiger partial charge on any atom is -0.508 e. The molecule has 2 aromatic rings. The van der Waals surface area contributed by atoms with E-state index in [1.807, 2.05) is 0 Å². The van der Waals surface area contributed by atoms with Crippen LogP contribution in [-0.4, -0.2) is 272 Å². The summed E-state index contributed by atoms with van der Waals surface area (Å²) in [5.41, 5.74) is 17.2. The first-order chi connectivity index (χ1) is 59.0. The normalized spacial score (nSPS) is 14.0. The highest BCUT2D eigenvalue weighted by Crippen LogP contribution is 2.21. The largest absolute Gasteiger partial charge is 0.508 e. The highest BCUT2D eigenvalue weighted by atomic mass is 16.6. The molecule has 0 aromatic heterocycles. The summed E-state index contributed by atoms with van der Waals surface area (Å²) in [6, 6.07) is 0.396. The minimum atomic E-state index is -1.83. The van der Waals surface area contributed by atoms with Crippen molar-refractivity contribution in [1.29, 1.82) is 10.8 Å². The molecule has 25 N–H and O–H groups in total. The van der Waals surface area contributed by atoms with Gasteiger partial charge in [0.15, 0.2) is 11.9 Å². The highest BCUT2D eigenvalue weighted by Gasteiger charge is 2.40. The van der Waals surface area contributed by atoms with Crippen LogP contribution in [0.25, 0.3) is 0 Å². The number of primary amides is 1. The van der Waals surface area contributed by atoms with Gasteiger partial charge in [-0.3, -0.25) is 87.5 Å². The fourth-order valence-electron chi connectivity index (χ4n) is 12.4. The number of nitrogens with two attached hydrogens (primary N) is 3. The average Bonchev–Trinajstić information content (AvgIpc) is 1.65. The number of hydrogen-bond donors (Lipinski definition) is 22. The van der Waals surface area contributed by atoms with Crippen LogP contribution in [0.1, 0.15) is 167 Å². The van der Waals surface area contributed by atoms with Crippen molar-refractivity contribution in [2.75, 3.05) is 78.8 Å². The first-order valence-corrected chi connectivity index (χ1v) is 41.3. The SMILES string of the molecule is CC(C)C[C@H](NC(=O)[C@H](Cc1ccccc1)NC(=O)[C@H](CCCNC(=N)N)NC(=O)CNC(=O)[C@H](CCC(N)=O)NC(=O)[C@H](Cc1ccc(O)cc1)NC(=O)[C@H](C)NC(=O)[C@@H]1CCCN1C(=O)[C@H](CC(=O)O)NC(=O)CNC(=O)[C@H](CCCNC(=N)N)NC(=O)CCNC(=O)CCNCCCCCC(=O)OCCCCCC(=O)OCCOCCC=O)C(=O)O. The number of nitrogens with zero attached hydrogens (tertiary/aromatic N) is 1. The van der Waals surface area contributed by atoms with Gasteiger partial charge in [0.05, 0.1) is 39.3 Å². The Morgan fingerprint density at radius 3 is 1.56 bits per heavy atom. The van der Waals surface area contributed by atoms with Crippen LogP contribution >= 0.6 is 0 Å². The van der Waals surface area contributed by atoms with E-state index < -0.39 is 176 Å². The molecule has 1 saturated heterocycles. The molecule has 1 heterocycles. The Morgan fingerprint density at radius 2 is 1.00 bits per heavy atom. The first-order valence-electron chi connectivity index (χ1n) is 41.3. The number of benzene rings is 2. The van der Waals surface area contributed by atoms with Crippen LogP contribution in [0.3, 0.4) is 0 Å². The van der Waals surface area contributed by atoms with Gasteiger partial charge in [0.2, 0.25) is 76.8 Å². The Morgan fingerprint density at radius 1 is 0.484 bits per heavy atom. The van der Waals surface area contributed by atoms with Crippen LogP contribution in [0.15, 0.2) is 54.6 Å². The molecule has 0 spiro atoms. The third-order valence-corrected chi connectivity index (χ3v) is 18.9. The molecular formula is C80H124N20O24. The number of guanidine groups is 2. The molecule has 0 radical (unpaired) electrons. The zero-order chi connectivity index (χ0) is 91.9. The number of hydrogen-bond acceptors (Lipinski definition) is 25. The maximum absolute atomic E-state index is 14.4. The number of carbonyl (C=O) groups is 18. The molecule has 13 amide bonds. The lowest BCUT2D eigenvalue weighted by atomic mass is 10.0. The Balaban J connectivity index is 1.62. The van der Waals surface area contributed by atoms with E-state index in [0.717, 1.165) is 24.0 Å². The van der Waals surface area contributed by atoms with Gasteiger partial charge in [-0.1, -0.05) is 62.7 Å². The van der Waals surface area contributed by atoms with Gasteiger partial charge >= 0.3 is 23.9 Å². The second-order valence-corrected chi connectivity index (χ2v) is 29.8. The number of aliphatic carboxylic acids is 2. The topological polar surface area (TPSA) is 693 Å². The number of phenols is 1. The van der Waals surface area contributed by atoms with Crippen LogP contribution in [0.5, 0.6) is 5.75 Å². The zero-order valence-corrected chi connectivity index (χ0v) is 70.4. The quantitative estimate of drug-likeness (QED) is 0.00986. The van der Waals surface area contributed by atoms with Gasteiger partial charge in [0, 0.05) is 84.1 Å². The average molecular weight is 1750 g/mol. The summed E-state index contributed by atoms with van der Waals surface area (Å²) in [4.78, 5) is 237. The summed E-state index contributed by atoms with van der Waals surface area (Å²) in [5.74, 6) is -16.4. The first kappa shape index (κ1) is 106. The predicted molar refractivity (Wildman–Crippen MR) is 445 cm³/mol. The van der Waals surface area contributed by atoms with Crippen molar-refractivity contribution in [3.8, 4) is 5.75 Å². The van der Waals surface area contributed by atoms with Crippen molar-refractivity contribution in [3.63, 3.8) is 0 Å². The van der Waals surface area contributed by atoms with Crippen molar-refractivity contribution in [3.05, 3.63) is 65.7 Å². The molecule has 44 heteroatoms. The fraction of sp³-hybridized carbons (Fsp3) is 0.600. The Bertz CT molecular complexity index is 3860. The smallest absolute Gasteiger partial charge is 0.326 e. The number of unbranched alkanes of at least 4 members (excludes halogenated alkanes) is 4. The van der Waals surface area contributed by atoms with Crippen molar-refractivity contribution in [2.45, 2.75) is 223 Å². The molecular weight excluding hydrogens is 1620 g/mol. The summed E-state index contributed by atoms with van der Waals surface area (Å²) in [7, 11) is 0. The molecule has 9 atom stereocenters. The number of aromatic hydroxyl groups is 1. The molecule has 2 aromatic carbocycles. The molecule has 0 bridgehead atoms. The Hall–Kier alpha value is -12.6. The van der Waals surface area contributed by atoms with E-state index in [4.69, 9.17) is 42.2 Å². The fourth-order valence-corrected chi connectivity index (χ4v) is 12.4. The van der Waals surface area contributed by atoms with Crippen LogP contribution in [0.2, 0.25) is 0 Å². The summed E-state index contributed by atoms with van der Waals surface area (Å²) in [6.07, 6.45) is 3.00. The number of esters is 2. The number of phenolic OH excluding ortho intramolecular Hbond substituents is 1. The molecule has 44 nitrogen and oxygen atoms in total.